The van der Waals surface area contributed by atoms with Crippen LogP contribution in [0.15, 0.2) is 48.5 Å². The standard InChI is InChI=1S/C24H25ClN2O5/c1-14(2)26-23(28)13-32-20-10-16-8-6-5-7-15(16)9-17(20)24(29)27-19-12-21(30-3)18(25)11-22(19)31-4/h5-12,14H,13H2,1-4H3,(H,26,28)(H,27,29). The van der Waals surface area contributed by atoms with E-state index in [4.69, 9.17) is 25.8 Å². The molecule has 0 unspecified atom stereocenters. The minimum atomic E-state index is -0.433. The number of nitrogens with one attached hydrogen (secondary N) is 2. The van der Waals surface area contributed by atoms with Crippen LogP contribution < -0.4 is 24.8 Å². The largest absolute Gasteiger partial charge is 0.495 e. The lowest BCUT2D eigenvalue weighted by molar-refractivity contribution is -0.123. The van der Waals surface area contributed by atoms with Gasteiger partial charge in [-0.3, -0.25) is 9.59 Å². The van der Waals surface area contributed by atoms with E-state index in [1.165, 1.54) is 14.2 Å². The molecule has 0 bridgehead atoms. The Labute approximate surface area is 191 Å². The maximum atomic E-state index is 13.2. The van der Waals surface area contributed by atoms with Crippen LogP contribution in [0.25, 0.3) is 10.8 Å². The number of methoxy groups -OCH3 is 2. The molecule has 0 aliphatic carbocycles. The summed E-state index contributed by atoms with van der Waals surface area (Å²) in [5.41, 5.74) is 0.660. The van der Waals surface area contributed by atoms with Crippen LogP contribution in [-0.4, -0.2) is 38.7 Å². The Morgan fingerprint density at radius 1 is 0.938 bits per heavy atom. The van der Waals surface area contributed by atoms with Crippen molar-refractivity contribution in [2.75, 3.05) is 26.1 Å². The predicted molar refractivity (Wildman–Crippen MR) is 125 cm³/mol. The van der Waals surface area contributed by atoms with E-state index < -0.39 is 5.91 Å². The quantitative estimate of drug-likeness (QED) is 0.514. The lowest BCUT2D eigenvalue weighted by Crippen LogP contribution is -2.34. The Morgan fingerprint density at radius 2 is 1.59 bits per heavy atom. The van der Waals surface area contributed by atoms with Gasteiger partial charge in [-0.15, -0.1) is 0 Å². The smallest absolute Gasteiger partial charge is 0.259 e. The molecule has 0 fully saturated rings. The molecule has 0 aromatic heterocycles. The van der Waals surface area contributed by atoms with Gasteiger partial charge in [0.2, 0.25) is 0 Å². The van der Waals surface area contributed by atoms with E-state index in [0.29, 0.717) is 28.0 Å². The molecule has 0 radical (unpaired) electrons. The Morgan fingerprint density at radius 3 is 2.22 bits per heavy atom. The van der Waals surface area contributed by atoms with Crippen molar-refractivity contribution >= 4 is 39.9 Å². The van der Waals surface area contributed by atoms with Crippen molar-refractivity contribution < 1.29 is 23.8 Å². The zero-order valence-electron chi connectivity index (χ0n) is 18.3. The number of hydrogen-bond acceptors (Lipinski definition) is 5. The Bertz CT molecular complexity index is 1150. The number of carbonyl (C=O) groups is 2. The van der Waals surface area contributed by atoms with Crippen LogP contribution in [0.2, 0.25) is 5.02 Å². The molecule has 168 valence electrons. The molecule has 0 saturated heterocycles. The third-order valence-electron chi connectivity index (χ3n) is 4.62. The van der Waals surface area contributed by atoms with Gasteiger partial charge >= 0.3 is 0 Å². The fraction of sp³-hybridized carbons (Fsp3) is 0.250. The summed E-state index contributed by atoms with van der Waals surface area (Å²) >= 11 is 6.16. The second-order valence-corrected chi connectivity index (χ2v) is 7.75. The highest BCUT2D eigenvalue weighted by molar-refractivity contribution is 6.32. The lowest BCUT2D eigenvalue weighted by atomic mass is 10.0. The number of carbonyl (C=O) groups excluding carboxylic acids is 2. The summed E-state index contributed by atoms with van der Waals surface area (Å²) in [4.78, 5) is 25.3. The first-order valence-corrected chi connectivity index (χ1v) is 10.4. The number of rotatable bonds is 8. The van der Waals surface area contributed by atoms with Gasteiger partial charge in [-0.1, -0.05) is 35.9 Å². The number of benzene rings is 3. The number of fused-ring (bicyclic) bond motifs is 1. The van der Waals surface area contributed by atoms with Crippen LogP contribution in [0, 0.1) is 0 Å². The Kier molecular flexibility index (Phi) is 7.43. The van der Waals surface area contributed by atoms with E-state index >= 15 is 0 Å². The number of ether oxygens (including phenoxy) is 3. The molecule has 3 rings (SSSR count). The van der Waals surface area contributed by atoms with E-state index in [0.717, 1.165) is 10.8 Å². The summed E-state index contributed by atoms with van der Waals surface area (Å²) in [5.74, 6) is 0.355. The van der Waals surface area contributed by atoms with Crippen LogP contribution >= 0.6 is 11.6 Å². The third-order valence-corrected chi connectivity index (χ3v) is 4.92. The van der Waals surface area contributed by atoms with Gasteiger partial charge in [0.25, 0.3) is 11.8 Å². The number of halogens is 1. The van der Waals surface area contributed by atoms with Gasteiger partial charge in [-0.05, 0) is 36.8 Å². The van der Waals surface area contributed by atoms with E-state index in [1.807, 2.05) is 38.1 Å². The van der Waals surface area contributed by atoms with Crippen molar-refractivity contribution in [2.24, 2.45) is 0 Å². The minimum Gasteiger partial charge on any atom is -0.495 e. The summed E-state index contributed by atoms with van der Waals surface area (Å²) < 4.78 is 16.3. The molecule has 0 atom stereocenters. The molecule has 0 aliphatic rings. The number of hydrogen-bond donors (Lipinski definition) is 2. The predicted octanol–water partition coefficient (Wildman–Crippen LogP) is 4.67. The second kappa shape index (κ2) is 10.2. The normalized spacial score (nSPS) is 10.7. The molecule has 0 heterocycles. The molecular formula is C24H25ClN2O5. The first-order valence-electron chi connectivity index (χ1n) is 10.00. The van der Waals surface area contributed by atoms with Crippen molar-refractivity contribution in [3.63, 3.8) is 0 Å². The molecule has 2 amide bonds. The molecule has 3 aromatic carbocycles. The maximum Gasteiger partial charge on any atom is 0.259 e. The lowest BCUT2D eigenvalue weighted by Gasteiger charge is -2.16. The fourth-order valence-electron chi connectivity index (χ4n) is 3.17. The van der Waals surface area contributed by atoms with Crippen LogP contribution in [-0.2, 0) is 4.79 Å². The SMILES string of the molecule is COc1cc(NC(=O)c2cc3ccccc3cc2OCC(=O)NC(C)C)c(OC)cc1Cl. The van der Waals surface area contributed by atoms with Crippen molar-refractivity contribution in [3.8, 4) is 17.2 Å². The maximum absolute atomic E-state index is 13.2. The molecule has 0 spiro atoms. The molecular weight excluding hydrogens is 432 g/mol. The van der Waals surface area contributed by atoms with Gasteiger partial charge in [0.1, 0.15) is 17.2 Å². The first-order chi connectivity index (χ1) is 15.3. The molecule has 2 N–H and O–H groups in total. The summed E-state index contributed by atoms with van der Waals surface area (Å²) in [7, 11) is 2.96. The zero-order valence-corrected chi connectivity index (χ0v) is 19.1. The molecule has 0 saturated carbocycles. The number of amides is 2. The van der Waals surface area contributed by atoms with Gasteiger partial charge < -0.3 is 24.8 Å². The van der Waals surface area contributed by atoms with Crippen LogP contribution in [0.5, 0.6) is 17.2 Å². The van der Waals surface area contributed by atoms with Gasteiger partial charge in [0.05, 0.1) is 30.5 Å². The van der Waals surface area contributed by atoms with E-state index in [9.17, 15) is 9.59 Å². The first kappa shape index (κ1) is 23.2. The molecule has 8 heteroatoms. The molecule has 0 aliphatic heterocycles. The Hall–Kier alpha value is -3.45. The fourth-order valence-corrected chi connectivity index (χ4v) is 3.40. The van der Waals surface area contributed by atoms with Gasteiger partial charge in [0.15, 0.2) is 6.61 Å². The average Bonchev–Trinajstić information content (AvgIpc) is 2.77. The van der Waals surface area contributed by atoms with Crippen molar-refractivity contribution in [3.05, 3.63) is 59.1 Å². The van der Waals surface area contributed by atoms with Crippen LogP contribution in [0.1, 0.15) is 24.2 Å². The highest BCUT2D eigenvalue weighted by Gasteiger charge is 2.19. The third kappa shape index (κ3) is 5.42. The van der Waals surface area contributed by atoms with Gasteiger partial charge in [-0.25, -0.2) is 0 Å². The van der Waals surface area contributed by atoms with Crippen molar-refractivity contribution in [2.45, 2.75) is 19.9 Å². The van der Waals surface area contributed by atoms with Gasteiger partial charge in [0, 0.05) is 18.2 Å². The molecule has 32 heavy (non-hydrogen) atoms. The zero-order chi connectivity index (χ0) is 23.3. The number of anilines is 1. The van der Waals surface area contributed by atoms with E-state index in [1.54, 1.807) is 24.3 Å². The topological polar surface area (TPSA) is 85.9 Å². The highest BCUT2D eigenvalue weighted by atomic mass is 35.5. The Balaban J connectivity index is 1.95. The second-order valence-electron chi connectivity index (χ2n) is 7.35. The van der Waals surface area contributed by atoms with E-state index in [2.05, 4.69) is 10.6 Å². The van der Waals surface area contributed by atoms with Crippen molar-refractivity contribution in [1.82, 2.24) is 5.32 Å². The summed E-state index contributed by atoms with van der Waals surface area (Å²) in [5, 5.41) is 7.68. The monoisotopic (exact) mass is 456 g/mol. The van der Waals surface area contributed by atoms with Crippen LogP contribution in [0.3, 0.4) is 0 Å². The van der Waals surface area contributed by atoms with Crippen LogP contribution in [0.4, 0.5) is 5.69 Å². The summed E-state index contributed by atoms with van der Waals surface area (Å²) in [6.45, 7) is 3.51. The molecule has 3 aromatic rings. The van der Waals surface area contributed by atoms with Crippen molar-refractivity contribution in [1.29, 1.82) is 0 Å². The highest BCUT2D eigenvalue weighted by Crippen LogP contribution is 2.36. The average molecular weight is 457 g/mol. The van der Waals surface area contributed by atoms with Gasteiger partial charge in [-0.2, -0.15) is 0 Å². The molecule has 7 nitrogen and oxygen atoms in total. The minimum absolute atomic E-state index is 0.0159. The van der Waals surface area contributed by atoms with E-state index in [-0.39, 0.29) is 24.1 Å². The summed E-state index contributed by atoms with van der Waals surface area (Å²) in [6.07, 6.45) is 0. The summed E-state index contributed by atoms with van der Waals surface area (Å²) in [6, 6.07) is 14.2.